The van der Waals surface area contributed by atoms with E-state index in [9.17, 15) is 32.7 Å². The lowest BCUT2D eigenvalue weighted by Crippen LogP contribution is -2.43. The number of esters is 1. The second-order valence-electron chi connectivity index (χ2n) is 9.32. The molecule has 0 radical (unpaired) electrons. The molecule has 2 amide bonds. The fraction of sp³-hybridized carbons (Fsp3) is 0.258. The molecule has 3 aromatic carbocycles. The van der Waals surface area contributed by atoms with E-state index in [1.807, 2.05) is 0 Å². The quantitative estimate of drug-likeness (QED) is 0.117. The minimum Gasteiger partial charge on any atom is -0.508 e. The molecule has 7 nitrogen and oxygen atoms in total. The number of phenols is 1. The topological polar surface area (TPSA) is 105 Å². The lowest BCUT2D eigenvalue weighted by atomic mass is 10.0. The van der Waals surface area contributed by atoms with Gasteiger partial charge in [-0.2, -0.15) is 0 Å². The molecule has 3 aromatic rings. The lowest BCUT2D eigenvalue weighted by molar-refractivity contribution is -0.145. The normalized spacial score (nSPS) is 12.0. The van der Waals surface area contributed by atoms with Gasteiger partial charge < -0.3 is 20.5 Å². The summed E-state index contributed by atoms with van der Waals surface area (Å²) in [6, 6.07) is 13.9. The average Bonchev–Trinajstić information content (AvgIpc) is 2.96. The predicted octanol–water partition coefficient (Wildman–Crippen LogP) is 4.93. The molecule has 3 N–H and O–H groups in total. The zero-order valence-electron chi connectivity index (χ0n) is 22.5. The molecule has 0 heterocycles. The van der Waals surface area contributed by atoms with E-state index < -0.39 is 35.4 Å². The summed E-state index contributed by atoms with van der Waals surface area (Å²) in [5, 5.41) is 14.8. The number of aromatic hydroxyl groups is 1. The van der Waals surface area contributed by atoms with Gasteiger partial charge in [-0.3, -0.25) is 9.59 Å². The van der Waals surface area contributed by atoms with Gasteiger partial charge in [0.15, 0.2) is 11.6 Å². The molecule has 0 bridgehead atoms. The Kier molecular flexibility index (Phi) is 11.5. The van der Waals surface area contributed by atoms with Gasteiger partial charge in [0.05, 0.1) is 7.11 Å². The van der Waals surface area contributed by atoms with E-state index in [0.717, 1.165) is 17.7 Å². The van der Waals surface area contributed by atoms with Gasteiger partial charge in [-0.25, -0.2) is 18.0 Å². The Hall–Kier alpha value is -4.60. The number of nitrogens with one attached hydrogen (secondary N) is 2. The molecule has 1 atom stereocenters. The first-order chi connectivity index (χ1) is 19.7. The van der Waals surface area contributed by atoms with Crippen LogP contribution in [0.1, 0.15) is 42.4 Å². The number of amides is 2. The largest absolute Gasteiger partial charge is 0.508 e. The highest BCUT2D eigenvalue weighted by Crippen LogP contribution is 2.21. The molecule has 1 unspecified atom stereocenters. The number of phenolic OH excluding ortho intramolecular Hbond substituents is 1. The van der Waals surface area contributed by atoms with Crippen molar-refractivity contribution in [3.63, 3.8) is 0 Å². The van der Waals surface area contributed by atoms with Crippen LogP contribution in [0.2, 0.25) is 0 Å². The fourth-order valence-electron chi connectivity index (χ4n) is 4.02. The zero-order valence-corrected chi connectivity index (χ0v) is 22.5. The van der Waals surface area contributed by atoms with Crippen molar-refractivity contribution in [3.8, 4) is 5.75 Å². The smallest absolute Gasteiger partial charge is 0.328 e. The third-order valence-corrected chi connectivity index (χ3v) is 6.22. The molecule has 0 aliphatic heterocycles. The fourth-order valence-corrected chi connectivity index (χ4v) is 4.02. The van der Waals surface area contributed by atoms with Crippen molar-refractivity contribution in [2.75, 3.05) is 13.7 Å². The highest BCUT2D eigenvalue weighted by molar-refractivity contribution is 6.24. The second kappa shape index (κ2) is 15.3. The van der Waals surface area contributed by atoms with E-state index >= 15 is 0 Å². The molecule has 0 aliphatic carbocycles. The molecule has 0 spiro atoms. The molecular formula is C31H31F3N2O5. The number of halogens is 3. The zero-order chi connectivity index (χ0) is 29.8. The van der Waals surface area contributed by atoms with Crippen LogP contribution >= 0.6 is 0 Å². The SMILES string of the molecule is COC(=O)C(Cc1ccc(O)cc1)NC(=O)CCCCCNC(=O)C(=Cc1ccc(F)cc1)c1ccc(F)c(F)c1. The number of hydrogen-bond acceptors (Lipinski definition) is 5. The number of carbonyl (C=O) groups excluding carboxylic acids is 3. The van der Waals surface area contributed by atoms with E-state index in [4.69, 9.17) is 4.74 Å². The molecular weight excluding hydrogens is 537 g/mol. The van der Waals surface area contributed by atoms with Gasteiger partial charge in [0.1, 0.15) is 17.6 Å². The molecule has 0 fully saturated rings. The predicted molar refractivity (Wildman–Crippen MR) is 148 cm³/mol. The number of unbranched alkanes of at least 4 members (excludes halogenated alkanes) is 2. The van der Waals surface area contributed by atoms with Gasteiger partial charge >= 0.3 is 5.97 Å². The van der Waals surface area contributed by atoms with Crippen LogP contribution in [0, 0.1) is 17.5 Å². The van der Waals surface area contributed by atoms with Gasteiger partial charge in [-0.05, 0) is 72.0 Å². The first kappa shape index (κ1) is 30.9. The van der Waals surface area contributed by atoms with Crippen LogP contribution in [-0.2, 0) is 25.5 Å². The summed E-state index contributed by atoms with van der Waals surface area (Å²) in [6.07, 6.45) is 3.45. The minimum atomic E-state index is -1.10. The van der Waals surface area contributed by atoms with Crippen LogP contribution in [0.3, 0.4) is 0 Å². The van der Waals surface area contributed by atoms with Gasteiger partial charge in [-0.15, -0.1) is 0 Å². The van der Waals surface area contributed by atoms with Crippen molar-refractivity contribution >= 4 is 29.4 Å². The Morgan fingerprint density at radius 1 is 0.902 bits per heavy atom. The maximum atomic E-state index is 13.9. The number of ether oxygens (including phenoxy) is 1. The van der Waals surface area contributed by atoms with Gasteiger partial charge in [0.25, 0.3) is 5.91 Å². The first-order valence-corrected chi connectivity index (χ1v) is 13.0. The summed E-state index contributed by atoms with van der Waals surface area (Å²) in [7, 11) is 1.24. The summed E-state index contributed by atoms with van der Waals surface area (Å²) in [5.74, 6) is -3.94. The maximum Gasteiger partial charge on any atom is 0.328 e. The van der Waals surface area contributed by atoms with E-state index in [0.29, 0.717) is 24.8 Å². The van der Waals surface area contributed by atoms with Crippen molar-refractivity contribution < 1.29 is 37.4 Å². The van der Waals surface area contributed by atoms with Crippen molar-refractivity contribution in [1.82, 2.24) is 10.6 Å². The molecule has 0 saturated heterocycles. The molecule has 10 heteroatoms. The summed E-state index contributed by atoms with van der Waals surface area (Å²) in [4.78, 5) is 37.5. The minimum absolute atomic E-state index is 0.0809. The van der Waals surface area contributed by atoms with E-state index in [-0.39, 0.29) is 42.2 Å². The van der Waals surface area contributed by atoms with E-state index in [1.54, 1.807) is 12.1 Å². The van der Waals surface area contributed by atoms with Crippen LogP contribution in [0.5, 0.6) is 5.75 Å². The Morgan fingerprint density at radius 2 is 1.61 bits per heavy atom. The summed E-state index contributed by atoms with van der Waals surface area (Å²) in [6.45, 7) is 0.260. The van der Waals surface area contributed by atoms with Crippen molar-refractivity contribution in [2.45, 2.75) is 38.1 Å². The summed E-state index contributed by atoms with van der Waals surface area (Å²) in [5.41, 5.74) is 1.49. The highest BCUT2D eigenvalue weighted by Gasteiger charge is 2.22. The van der Waals surface area contributed by atoms with Crippen molar-refractivity contribution in [2.24, 2.45) is 0 Å². The van der Waals surface area contributed by atoms with Crippen LogP contribution in [-0.4, -0.2) is 42.6 Å². The third-order valence-electron chi connectivity index (χ3n) is 6.22. The van der Waals surface area contributed by atoms with Crippen LogP contribution < -0.4 is 10.6 Å². The summed E-state index contributed by atoms with van der Waals surface area (Å²) < 4.78 is 45.4. The molecule has 0 aliphatic rings. The number of carbonyl (C=O) groups is 3. The standard InChI is InChI=1S/C31H31F3N2O5/c1-41-31(40)28(18-21-8-13-24(37)14-9-21)36-29(38)5-3-2-4-16-35-30(39)25(17-20-6-11-23(32)12-7-20)22-10-15-26(33)27(34)19-22/h6-15,17,19,28,37H,2-5,16,18H2,1H3,(H,35,39)(H,36,38). The van der Waals surface area contributed by atoms with Crippen LogP contribution in [0.4, 0.5) is 13.2 Å². The average molecular weight is 569 g/mol. The molecule has 0 aromatic heterocycles. The Morgan fingerprint density at radius 3 is 2.27 bits per heavy atom. The molecule has 0 saturated carbocycles. The van der Waals surface area contributed by atoms with Gasteiger partial charge in [0, 0.05) is 25.0 Å². The molecule has 41 heavy (non-hydrogen) atoms. The Bertz CT molecular complexity index is 1380. The van der Waals surface area contributed by atoms with Crippen LogP contribution in [0.25, 0.3) is 11.6 Å². The van der Waals surface area contributed by atoms with Gasteiger partial charge in [-0.1, -0.05) is 36.8 Å². The van der Waals surface area contributed by atoms with Crippen LogP contribution in [0.15, 0.2) is 66.7 Å². The number of methoxy groups -OCH3 is 1. The molecule has 3 rings (SSSR count). The number of benzene rings is 3. The summed E-state index contributed by atoms with van der Waals surface area (Å²) >= 11 is 0. The Balaban J connectivity index is 1.50. The number of hydrogen-bond donors (Lipinski definition) is 3. The maximum absolute atomic E-state index is 13.9. The Labute approximate surface area is 236 Å². The second-order valence-corrected chi connectivity index (χ2v) is 9.32. The van der Waals surface area contributed by atoms with Gasteiger partial charge in [0.2, 0.25) is 5.91 Å². The number of rotatable bonds is 13. The lowest BCUT2D eigenvalue weighted by Gasteiger charge is -2.16. The highest BCUT2D eigenvalue weighted by atomic mass is 19.2. The van der Waals surface area contributed by atoms with Crippen molar-refractivity contribution in [3.05, 3.63) is 101 Å². The first-order valence-electron chi connectivity index (χ1n) is 13.0. The monoisotopic (exact) mass is 568 g/mol. The van der Waals surface area contributed by atoms with E-state index in [2.05, 4.69) is 10.6 Å². The van der Waals surface area contributed by atoms with Crippen molar-refractivity contribution in [1.29, 1.82) is 0 Å². The van der Waals surface area contributed by atoms with E-state index in [1.165, 1.54) is 55.7 Å². The molecule has 216 valence electrons. The third kappa shape index (κ3) is 9.82.